The van der Waals surface area contributed by atoms with E-state index in [2.05, 4.69) is 19.9 Å². The van der Waals surface area contributed by atoms with Crippen LogP contribution in [0.25, 0.3) is 0 Å². The molecule has 2 heteroatoms. The lowest BCUT2D eigenvalue weighted by atomic mass is 9.70. The molecule has 0 bridgehead atoms. The predicted octanol–water partition coefficient (Wildman–Crippen LogP) is 7.81. The maximum absolute atomic E-state index is 9.84. The van der Waals surface area contributed by atoms with E-state index >= 15 is 0 Å². The molecule has 0 saturated heterocycles. The van der Waals surface area contributed by atoms with Crippen molar-refractivity contribution in [1.82, 2.24) is 0 Å². The summed E-state index contributed by atoms with van der Waals surface area (Å²) in [6.45, 7) is 5.26. The molecule has 0 aromatic rings. The van der Waals surface area contributed by atoms with Crippen LogP contribution >= 0.6 is 0 Å². The molecule has 0 unspecified atom stereocenters. The molecule has 156 valence electrons. The van der Waals surface area contributed by atoms with Crippen LogP contribution in [0.5, 0.6) is 0 Å². The number of nitriles is 1. The minimum atomic E-state index is -0.183. The van der Waals surface area contributed by atoms with Crippen molar-refractivity contribution in [3.63, 3.8) is 0 Å². The molecule has 0 heterocycles. The Morgan fingerprint density at radius 2 is 1.37 bits per heavy atom. The SMILES string of the molecule is CCCCCCC[C@H]1CC[C@@](C#N)(CO[C@H]2CC[C@H](CCCC)CC2)CC1. The molecule has 2 nitrogen and oxygen atoms in total. The second kappa shape index (κ2) is 12.8. The fourth-order valence-electron chi connectivity index (χ4n) is 5.20. The molecule has 2 fully saturated rings. The summed E-state index contributed by atoms with van der Waals surface area (Å²) in [5.74, 6) is 1.80. The van der Waals surface area contributed by atoms with Crippen LogP contribution < -0.4 is 0 Å². The highest BCUT2D eigenvalue weighted by Crippen LogP contribution is 2.41. The summed E-state index contributed by atoms with van der Waals surface area (Å²) in [7, 11) is 0. The molecular weight excluding hydrogens is 330 g/mol. The molecular formula is C25H45NO. The Kier molecular flexibility index (Phi) is 10.8. The molecule has 0 spiro atoms. The van der Waals surface area contributed by atoms with E-state index in [0.29, 0.717) is 12.7 Å². The monoisotopic (exact) mass is 375 g/mol. The largest absolute Gasteiger partial charge is 0.377 e. The number of rotatable bonds is 12. The molecule has 27 heavy (non-hydrogen) atoms. The molecule has 2 saturated carbocycles. The average Bonchev–Trinajstić information content (AvgIpc) is 2.72. The Morgan fingerprint density at radius 3 is 2.00 bits per heavy atom. The summed E-state index contributed by atoms with van der Waals surface area (Å²) >= 11 is 0. The Balaban J connectivity index is 1.62. The summed E-state index contributed by atoms with van der Waals surface area (Å²) < 4.78 is 6.31. The van der Waals surface area contributed by atoms with E-state index in [1.807, 2.05) is 0 Å². The van der Waals surface area contributed by atoms with E-state index in [9.17, 15) is 5.26 Å². The Bertz CT molecular complexity index is 411. The topological polar surface area (TPSA) is 33.0 Å². The fraction of sp³-hybridized carbons (Fsp3) is 0.960. The van der Waals surface area contributed by atoms with Crippen LogP contribution in [0.1, 0.15) is 123 Å². The zero-order valence-corrected chi connectivity index (χ0v) is 18.3. The third-order valence-electron chi connectivity index (χ3n) is 7.37. The van der Waals surface area contributed by atoms with Crippen LogP contribution in [0.3, 0.4) is 0 Å². The molecule has 0 N–H and O–H groups in total. The summed E-state index contributed by atoms with van der Waals surface area (Å²) in [6.07, 6.45) is 22.6. The van der Waals surface area contributed by atoms with E-state index in [0.717, 1.165) is 24.7 Å². The first kappa shape index (κ1) is 22.7. The lowest BCUT2D eigenvalue weighted by Crippen LogP contribution is -2.34. The lowest BCUT2D eigenvalue weighted by Gasteiger charge is -2.37. The fourth-order valence-corrected chi connectivity index (χ4v) is 5.20. The van der Waals surface area contributed by atoms with Crippen LogP contribution in [0, 0.1) is 28.6 Å². The van der Waals surface area contributed by atoms with E-state index in [1.165, 1.54) is 96.3 Å². The summed E-state index contributed by atoms with van der Waals surface area (Å²) in [4.78, 5) is 0. The normalized spacial score (nSPS) is 31.5. The lowest BCUT2D eigenvalue weighted by molar-refractivity contribution is -0.0300. The van der Waals surface area contributed by atoms with Crippen LogP contribution in [0.15, 0.2) is 0 Å². The molecule has 0 atom stereocenters. The van der Waals surface area contributed by atoms with Gasteiger partial charge in [0.2, 0.25) is 0 Å². The molecule has 0 aromatic carbocycles. The summed E-state index contributed by atoms with van der Waals surface area (Å²) in [6, 6.07) is 2.67. The first-order chi connectivity index (χ1) is 13.2. The van der Waals surface area contributed by atoms with Crippen molar-refractivity contribution in [2.45, 2.75) is 129 Å². The van der Waals surface area contributed by atoms with Gasteiger partial charge in [0.05, 0.1) is 24.2 Å². The number of hydrogen-bond acceptors (Lipinski definition) is 2. The zero-order valence-electron chi connectivity index (χ0n) is 18.3. The molecule has 0 radical (unpaired) electrons. The van der Waals surface area contributed by atoms with Gasteiger partial charge in [-0.25, -0.2) is 0 Å². The zero-order chi connectivity index (χ0) is 19.4. The Hall–Kier alpha value is -0.550. The Labute approximate surface area is 169 Å². The Morgan fingerprint density at radius 1 is 0.778 bits per heavy atom. The van der Waals surface area contributed by atoms with E-state index in [1.54, 1.807) is 0 Å². The van der Waals surface area contributed by atoms with Crippen molar-refractivity contribution < 1.29 is 4.74 Å². The second-order valence-corrected chi connectivity index (χ2v) is 9.63. The van der Waals surface area contributed by atoms with Gasteiger partial charge in [-0.15, -0.1) is 0 Å². The molecule has 2 aliphatic rings. The first-order valence-corrected chi connectivity index (χ1v) is 12.2. The van der Waals surface area contributed by atoms with Gasteiger partial charge in [0.1, 0.15) is 0 Å². The maximum atomic E-state index is 9.84. The quantitative estimate of drug-likeness (QED) is 0.326. The molecule has 0 aromatic heterocycles. The van der Waals surface area contributed by atoms with Crippen LogP contribution in [-0.2, 0) is 4.74 Å². The van der Waals surface area contributed by atoms with Crippen LogP contribution in [0.4, 0.5) is 0 Å². The van der Waals surface area contributed by atoms with Gasteiger partial charge in [0, 0.05) is 0 Å². The van der Waals surface area contributed by atoms with E-state index < -0.39 is 0 Å². The molecule has 0 aliphatic heterocycles. The standard InChI is InChI=1S/C25H45NO/c1-3-5-7-8-9-11-23-16-18-25(20-26,19-17-23)21-27-24-14-12-22(13-15-24)10-6-4-2/h22-24H,3-19,21H2,1-2H3/t22-,23-,24-,25+. The average molecular weight is 376 g/mol. The maximum Gasteiger partial charge on any atom is 0.0807 e. The van der Waals surface area contributed by atoms with E-state index in [-0.39, 0.29) is 5.41 Å². The van der Waals surface area contributed by atoms with Gasteiger partial charge in [-0.3, -0.25) is 0 Å². The second-order valence-electron chi connectivity index (χ2n) is 9.63. The number of ether oxygens (including phenoxy) is 1. The van der Waals surface area contributed by atoms with Gasteiger partial charge >= 0.3 is 0 Å². The number of unbranched alkanes of at least 4 members (excludes halogenated alkanes) is 5. The van der Waals surface area contributed by atoms with Gasteiger partial charge in [-0.05, 0) is 63.2 Å². The highest BCUT2D eigenvalue weighted by molar-refractivity contribution is 5.02. The van der Waals surface area contributed by atoms with Crippen LogP contribution in [0.2, 0.25) is 0 Å². The predicted molar refractivity (Wildman–Crippen MR) is 115 cm³/mol. The van der Waals surface area contributed by atoms with Crippen molar-refractivity contribution in [1.29, 1.82) is 5.26 Å². The highest BCUT2D eigenvalue weighted by atomic mass is 16.5. The minimum absolute atomic E-state index is 0.183. The summed E-state index contributed by atoms with van der Waals surface area (Å²) in [5, 5.41) is 9.84. The van der Waals surface area contributed by atoms with Crippen LogP contribution in [-0.4, -0.2) is 12.7 Å². The molecule has 0 amide bonds. The van der Waals surface area contributed by atoms with Crippen molar-refractivity contribution in [2.24, 2.45) is 17.3 Å². The van der Waals surface area contributed by atoms with Gasteiger partial charge in [0.15, 0.2) is 0 Å². The van der Waals surface area contributed by atoms with Crippen molar-refractivity contribution in [3.05, 3.63) is 0 Å². The minimum Gasteiger partial charge on any atom is -0.377 e. The summed E-state index contributed by atoms with van der Waals surface area (Å²) in [5.41, 5.74) is -0.183. The smallest absolute Gasteiger partial charge is 0.0807 e. The van der Waals surface area contributed by atoms with Crippen molar-refractivity contribution in [3.8, 4) is 6.07 Å². The molecule has 2 rings (SSSR count). The van der Waals surface area contributed by atoms with Gasteiger partial charge < -0.3 is 4.74 Å². The van der Waals surface area contributed by atoms with Crippen molar-refractivity contribution in [2.75, 3.05) is 6.61 Å². The number of hydrogen-bond donors (Lipinski definition) is 0. The van der Waals surface area contributed by atoms with Gasteiger partial charge in [-0.1, -0.05) is 71.6 Å². The highest BCUT2D eigenvalue weighted by Gasteiger charge is 2.36. The first-order valence-electron chi connectivity index (χ1n) is 12.2. The molecule has 2 aliphatic carbocycles. The van der Waals surface area contributed by atoms with Crippen molar-refractivity contribution >= 4 is 0 Å². The third-order valence-corrected chi connectivity index (χ3v) is 7.37. The van der Waals surface area contributed by atoms with E-state index in [4.69, 9.17) is 4.74 Å². The van der Waals surface area contributed by atoms with Gasteiger partial charge in [0.25, 0.3) is 0 Å². The number of nitrogens with zero attached hydrogens (tertiary/aromatic N) is 1. The van der Waals surface area contributed by atoms with Gasteiger partial charge in [-0.2, -0.15) is 5.26 Å². The third kappa shape index (κ3) is 8.15.